The van der Waals surface area contributed by atoms with Gasteiger partial charge < -0.3 is 14.5 Å². The normalized spacial score (nSPS) is 11.7. The molecule has 3 aromatic rings. The topological polar surface area (TPSA) is 69.3 Å². The molecule has 0 saturated heterocycles. The van der Waals surface area contributed by atoms with E-state index >= 15 is 0 Å². The van der Waals surface area contributed by atoms with Crippen LogP contribution in [-0.2, 0) is 17.3 Å². The van der Waals surface area contributed by atoms with Crippen molar-refractivity contribution in [3.05, 3.63) is 72.0 Å². The van der Waals surface area contributed by atoms with Crippen LogP contribution in [0.3, 0.4) is 0 Å². The zero-order valence-corrected chi connectivity index (χ0v) is 15.4. The van der Waals surface area contributed by atoms with Gasteiger partial charge in [-0.3, -0.25) is 9.48 Å². The van der Waals surface area contributed by atoms with E-state index in [1.165, 1.54) is 29.1 Å². The molecule has 2 aromatic heterocycles. The summed E-state index contributed by atoms with van der Waals surface area (Å²) in [4.78, 5) is 12.0. The van der Waals surface area contributed by atoms with Gasteiger partial charge in [-0.25, -0.2) is 0 Å². The molecule has 1 N–H and O–H groups in total. The molecule has 0 aliphatic carbocycles. The van der Waals surface area contributed by atoms with Gasteiger partial charge in [-0.1, -0.05) is 12.1 Å². The van der Waals surface area contributed by atoms with Crippen molar-refractivity contribution in [2.24, 2.45) is 0 Å². The maximum Gasteiger partial charge on any atom is 0.301 e. The van der Waals surface area contributed by atoms with Crippen molar-refractivity contribution in [3.63, 3.8) is 0 Å². The molecule has 0 bridgehead atoms. The molecular weight excluding hydrogens is 368 g/mol. The number of furan rings is 1. The van der Waals surface area contributed by atoms with E-state index in [1.54, 1.807) is 31.5 Å². The Hall–Kier alpha value is -3.42. The van der Waals surface area contributed by atoms with Crippen molar-refractivity contribution in [3.8, 4) is 5.75 Å². The number of aromatic nitrogens is 2. The van der Waals surface area contributed by atoms with Crippen LogP contribution in [0.1, 0.15) is 24.0 Å². The summed E-state index contributed by atoms with van der Waals surface area (Å²) in [6, 6.07) is 9.98. The van der Waals surface area contributed by atoms with Crippen molar-refractivity contribution in [2.45, 2.75) is 19.4 Å². The minimum atomic E-state index is -3.03. The second-order valence-electron chi connectivity index (χ2n) is 6.18. The lowest BCUT2D eigenvalue weighted by atomic mass is 10.2. The molecule has 0 radical (unpaired) electrons. The molecule has 0 saturated carbocycles. The summed E-state index contributed by atoms with van der Waals surface area (Å²) >= 11 is 0. The summed E-state index contributed by atoms with van der Waals surface area (Å²) in [5.41, 5.74) is 1.34. The third-order valence-corrected chi connectivity index (χ3v) is 3.86. The highest BCUT2D eigenvalue weighted by atomic mass is 19.3. The molecule has 6 nitrogen and oxygen atoms in total. The van der Waals surface area contributed by atoms with E-state index in [4.69, 9.17) is 9.15 Å². The lowest BCUT2D eigenvalue weighted by Gasteiger charge is -2.05. The molecular formula is C20H19F2N3O3. The predicted molar refractivity (Wildman–Crippen MR) is 100 cm³/mol. The van der Waals surface area contributed by atoms with Gasteiger partial charge in [-0.05, 0) is 35.9 Å². The van der Waals surface area contributed by atoms with Crippen molar-refractivity contribution in [2.75, 3.05) is 12.4 Å². The molecule has 1 aromatic carbocycles. The van der Waals surface area contributed by atoms with Gasteiger partial charge in [0.2, 0.25) is 5.91 Å². The maximum absolute atomic E-state index is 13.2. The number of hydrogen-bond donors (Lipinski definition) is 1. The number of anilines is 1. The Morgan fingerprint density at radius 2 is 2.04 bits per heavy atom. The summed E-state index contributed by atoms with van der Waals surface area (Å²) in [6.07, 6.45) is 6.14. The predicted octanol–water partition coefficient (Wildman–Crippen LogP) is 4.30. The molecule has 8 heteroatoms. The van der Waals surface area contributed by atoms with Gasteiger partial charge in [-0.2, -0.15) is 13.9 Å². The number of carbonyl (C=O) groups is 1. The standard InChI is InChI=1S/C20H19F2N3O3/c1-20(21,22)18-9-8-17(28-18)13-25-12-15(11-23-25)24-19(26)10-5-14-3-6-16(27-2)7-4-14/h3-12H,13H2,1-2H3,(H,24,26)/b10-5+. The Bertz CT molecular complexity index is 969. The van der Waals surface area contributed by atoms with Crippen LogP contribution in [0.5, 0.6) is 5.75 Å². The first-order chi connectivity index (χ1) is 13.3. The fourth-order valence-corrected chi connectivity index (χ4v) is 2.44. The minimum Gasteiger partial charge on any atom is -0.497 e. The lowest BCUT2D eigenvalue weighted by Crippen LogP contribution is -2.07. The summed E-state index contributed by atoms with van der Waals surface area (Å²) in [7, 11) is 1.59. The van der Waals surface area contributed by atoms with E-state index in [2.05, 4.69) is 10.4 Å². The molecule has 2 heterocycles. The minimum absolute atomic E-state index is 0.174. The molecule has 3 rings (SSSR count). The Balaban J connectivity index is 1.57. The summed E-state index contributed by atoms with van der Waals surface area (Å²) in [5.74, 6) is -2.66. The third-order valence-electron chi connectivity index (χ3n) is 3.86. The average Bonchev–Trinajstić information content (AvgIpc) is 3.30. The van der Waals surface area contributed by atoms with Crippen LogP contribution >= 0.6 is 0 Å². The number of nitrogens with one attached hydrogen (secondary N) is 1. The summed E-state index contributed by atoms with van der Waals surface area (Å²) in [6.45, 7) is 0.949. The number of methoxy groups -OCH3 is 1. The number of rotatable bonds is 7. The lowest BCUT2D eigenvalue weighted by molar-refractivity contribution is -0.111. The summed E-state index contributed by atoms with van der Waals surface area (Å²) in [5, 5.41) is 6.78. The van der Waals surface area contributed by atoms with Crippen molar-refractivity contribution >= 4 is 17.7 Å². The smallest absolute Gasteiger partial charge is 0.301 e. The van der Waals surface area contributed by atoms with Gasteiger partial charge in [0.25, 0.3) is 0 Å². The molecule has 0 atom stereocenters. The van der Waals surface area contributed by atoms with Crippen molar-refractivity contribution in [1.29, 1.82) is 0 Å². The van der Waals surface area contributed by atoms with Crippen molar-refractivity contribution < 1.29 is 22.7 Å². The van der Waals surface area contributed by atoms with E-state index in [0.29, 0.717) is 11.4 Å². The van der Waals surface area contributed by atoms with E-state index in [1.807, 2.05) is 12.1 Å². The average molecular weight is 387 g/mol. The van der Waals surface area contributed by atoms with E-state index in [-0.39, 0.29) is 12.5 Å². The molecule has 0 aliphatic heterocycles. The third kappa shape index (κ3) is 5.06. The highest BCUT2D eigenvalue weighted by molar-refractivity contribution is 6.01. The Morgan fingerprint density at radius 3 is 2.68 bits per heavy atom. The van der Waals surface area contributed by atoms with Crippen LogP contribution in [0.25, 0.3) is 6.08 Å². The molecule has 0 unspecified atom stereocenters. The quantitative estimate of drug-likeness (QED) is 0.614. The largest absolute Gasteiger partial charge is 0.497 e. The van der Waals surface area contributed by atoms with Crippen LogP contribution in [0.15, 0.2) is 59.3 Å². The zero-order valence-electron chi connectivity index (χ0n) is 15.4. The van der Waals surface area contributed by atoms with Crippen LogP contribution in [-0.4, -0.2) is 22.8 Å². The van der Waals surface area contributed by atoms with Gasteiger partial charge in [0, 0.05) is 19.2 Å². The van der Waals surface area contributed by atoms with Gasteiger partial charge in [0.15, 0.2) is 5.76 Å². The van der Waals surface area contributed by atoms with E-state index in [0.717, 1.165) is 18.2 Å². The van der Waals surface area contributed by atoms with Gasteiger partial charge >= 0.3 is 5.92 Å². The fourth-order valence-electron chi connectivity index (χ4n) is 2.44. The number of ether oxygens (including phenoxy) is 1. The Morgan fingerprint density at radius 1 is 1.29 bits per heavy atom. The number of benzene rings is 1. The molecule has 0 fully saturated rings. The number of nitrogens with zero attached hydrogens (tertiary/aromatic N) is 2. The van der Waals surface area contributed by atoms with Gasteiger partial charge in [-0.15, -0.1) is 0 Å². The van der Waals surface area contributed by atoms with Crippen LogP contribution < -0.4 is 10.1 Å². The molecule has 1 amide bonds. The molecule has 0 aliphatic rings. The maximum atomic E-state index is 13.2. The second kappa shape index (κ2) is 8.08. The summed E-state index contributed by atoms with van der Waals surface area (Å²) < 4.78 is 38.1. The SMILES string of the molecule is COc1ccc(/C=C/C(=O)Nc2cnn(Cc3ccc(C(C)(F)F)o3)c2)cc1. The Kier molecular flexibility index (Phi) is 5.58. The first kappa shape index (κ1) is 19.3. The van der Waals surface area contributed by atoms with Gasteiger partial charge in [0.05, 0.1) is 25.5 Å². The van der Waals surface area contributed by atoms with Gasteiger partial charge in [0.1, 0.15) is 11.5 Å². The number of halogens is 2. The highest BCUT2D eigenvalue weighted by Crippen LogP contribution is 2.28. The fraction of sp³-hybridized carbons (Fsp3) is 0.200. The van der Waals surface area contributed by atoms with Crippen LogP contribution in [0.2, 0.25) is 0 Å². The first-order valence-electron chi connectivity index (χ1n) is 8.46. The molecule has 0 spiro atoms. The van der Waals surface area contributed by atoms with E-state index in [9.17, 15) is 13.6 Å². The number of hydrogen-bond acceptors (Lipinski definition) is 4. The highest BCUT2D eigenvalue weighted by Gasteiger charge is 2.28. The number of carbonyl (C=O) groups excluding carboxylic acids is 1. The monoisotopic (exact) mass is 387 g/mol. The number of amides is 1. The van der Waals surface area contributed by atoms with E-state index < -0.39 is 11.7 Å². The first-order valence-corrected chi connectivity index (χ1v) is 8.46. The zero-order chi connectivity index (χ0) is 20.1. The molecule has 28 heavy (non-hydrogen) atoms. The second-order valence-corrected chi connectivity index (χ2v) is 6.18. The van der Waals surface area contributed by atoms with Crippen molar-refractivity contribution in [1.82, 2.24) is 9.78 Å². The van der Waals surface area contributed by atoms with Crippen LogP contribution in [0.4, 0.5) is 14.5 Å². The Labute approximate surface area is 160 Å². The van der Waals surface area contributed by atoms with Crippen LogP contribution in [0, 0.1) is 0 Å². The molecule has 146 valence electrons. The number of alkyl halides is 2.